The zero-order valence-corrected chi connectivity index (χ0v) is 16.1. The van der Waals surface area contributed by atoms with Gasteiger partial charge in [0.05, 0.1) is 13.2 Å². The molecular weight excluding hydrogens is 338 g/mol. The van der Waals surface area contributed by atoms with Crippen LogP contribution in [0.25, 0.3) is 0 Å². The first-order chi connectivity index (χ1) is 13.3. The minimum Gasteiger partial charge on any atom is -0.347 e. The van der Waals surface area contributed by atoms with Crippen molar-refractivity contribution in [3.05, 3.63) is 71.3 Å². The van der Waals surface area contributed by atoms with Crippen LogP contribution in [0.15, 0.2) is 54.6 Å². The molecule has 0 radical (unpaired) electrons. The minimum atomic E-state index is -0.492. The van der Waals surface area contributed by atoms with E-state index in [1.165, 1.54) is 30.7 Å². The van der Waals surface area contributed by atoms with Gasteiger partial charge in [-0.25, -0.2) is 0 Å². The summed E-state index contributed by atoms with van der Waals surface area (Å²) in [7, 11) is 0. The summed E-state index contributed by atoms with van der Waals surface area (Å²) in [4.78, 5) is 18.6. The lowest BCUT2D eigenvalue weighted by Crippen LogP contribution is -2.30. The van der Waals surface area contributed by atoms with Crippen molar-refractivity contribution in [2.75, 3.05) is 6.61 Å². The van der Waals surface area contributed by atoms with E-state index in [4.69, 9.17) is 9.57 Å². The molecule has 2 aromatic carbocycles. The van der Waals surface area contributed by atoms with Gasteiger partial charge >= 0.3 is 0 Å². The van der Waals surface area contributed by atoms with Crippen LogP contribution in [-0.2, 0) is 16.2 Å². The molecule has 4 heteroatoms. The summed E-state index contributed by atoms with van der Waals surface area (Å²) in [5, 5.41) is 1.42. The Hall–Kier alpha value is -2.17. The van der Waals surface area contributed by atoms with Gasteiger partial charge < -0.3 is 4.74 Å². The topological polar surface area (TPSA) is 38.8 Å². The van der Waals surface area contributed by atoms with Crippen LogP contribution in [0.2, 0.25) is 0 Å². The SMILES string of the molecule is CCCCCCCCON1C(=O)c2ccccc2C1OCc1ccccc1. The Kier molecular flexibility index (Phi) is 7.43. The first-order valence-electron chi connectivity index (χ1n) is 10.0. The van der Waals surface area contributed by atoms with Crippen molar-refractivity contribution in [2.24, 2.45) is 0 Å². The van der Waals surface area contributed by atoms with E-state index in [0.29, 0.717) is 18.8 Å². The molecule has 0 aromatic heterocycles. The molecule has 1 unspecified atom stereocenters. The summed E-state index contributed by atoms with van der Waals surface area (Å²) in [6, 6.07) is 17.6. The number of rotatable bonds is 11. The van der Waals surface area contributed by atoms with Crippen LogP contribution in [0.3, 0.4) is 0 Å². The van der Waals surface area contributed by atoms with Gasteiger partial charge in [0.1, 0.15) is 0 Å². The maximum Gasteiger partial charge on any atom is 0.280 e. The van der Waals surface area contributed by atoms with E-state index in [2.05, 4.69) is 6.92 Å². The Morgan fingerprint density at radius 1 is 0.889 bits per heavy atom. The van der Waals surface area contributed by atoms with Gasteiger partial charge in [0.15, 0.2) is 6.23 Å². The Morgan fingerprint density at radius 3 is 2.41 bits per heavy atom. The number of hydrogen-bond acceptors (Lipinski definition) is 3. The molecule has 0 fully saturated rings. The highest BCUT2D eigenvalue weighted by molar-refractivity contribution is 5.98. The Morgan fingerprint density at radius 2 is 1.59 bits per heavy atom. The highest BCUT2D eigenvalue weighted by Crippen LogP contribution is 2.35. The number of unbranched alkanes of at least 4 members (excludes halogenated alkanes) is 5. The minimum absolute atomic E-state index is 0.116. The van der Waals surface area contributed by atoms with Crippen molar-refractivity contribution in [2.45, 2.75) is 58.3 Å². The van der Waals surface area contributed by atoms with Crippen LogP contribution in [0.4, 0.5) is 0 Å². The average molecular weight is 367 g/mol. The first kappa shape index (κ1) is 19.6. The molecule has 0 spiro atoms. The summed E-state index contributed by atoms with van der Waals surface area (Å²) in [6.45, 7) is 3.19. The van der Waals surface area contributed by atoms with E-state index in [1.807, 2.05) is 54.6 Å². The predicted octanol–water partition coefficient (Wildman–Crippen LogP) is 5.65. The summed E-state index contributed by atoms with van der Waals surface area (Å²) in [5.41, 5.74) is 2.62. The van der Waals surface area contributed by atoms with E-state index < -0.39 is 6.23 Å². The van der Waals surface area contributed by atoms with E-state index >= 15 is 0 Å². The van der Waals surface area contributed by atoms with Gasteiger partial charge in [0.2, 0.25) is 0 Å². The fourth-order valence-corrected chi connectivity index (χ4v) is 3.34. The Balaban J connectivity index is 1.58. The summed E-state index contributed by atoms with van der Waals surface area (Å²) in [6.07, 6.45) is 6.62. The lowest BCUT2D eigenvalue weighted by atomic mass is 10.1. The molecule has 0 N–H and O–H groups in total. The second-order valence-corrected chi connectivity index (χ2v) is 6.97. The molecule has 1 amide bonds. The van der Waals surface area contributed by atoms with E-state index in [1.54, 1.807) is 0 Å². The number of amides is 1. The van der Waals surface area contributed by atoms with Gasteiger partial charge in [-0.3, -0.25) is 9.63 Å². The number of nitrogens with zero attached hydrogens (tertiary/aromatic N) is 1. The van der Waals surface area contributed by atoms with Crippen molar-refractivity contribution in [3.63, 3.8) is 0 Å². The maximum atomic E-state index is 12.7. The molecule has 1 aliphatic rings. The second-order valence-electron chi connectivity index (χ2n) is 6.97. The molecule has 1 heterocycles. The molecule has 4 nitrogen and oxygen atoms in total. The van der Waals surface area contributed by atoms with Crippen LogP contribution >= 0.6 is 0 Å². The van der Waals surface area contributed by atoms with Crippen LogP contribution < -0.4 is 0 Å². The fraction of sp³-hybridized carbons (Fsp3) is 0.435. The quantitative estimate of drug-likeness (QED) is 0.482. The average Bonchev–Trinajstić information content (AvgIpc) is 2.98. The molecule has 2 aromatic rings. The van der Waals surface area contributed by atoms with Crippen LogP contribution in [0, 0.1) is 0 Å². The third-order valence-corrected chi connectivity index (χ3v) is 4.85. The molecule has 0 saturated carbocycles. The molecule has 0 saturated heterocycles. The van der Waals surface area contributed by atoms with E-state index in [-0.39, 0.29) is 5.91 Å². The number of ether oxygens (including phenoxy) is 1. The molecule has 0 aliphatic carbocycles. The standard InChI is InChI=1S/C23H29NO3/c1-2-3-4-5-6-12-17-27-24-22(25)20-15-10-11-16-21(20)23(24)26-18-19-13-8-7-9-14-19/h7-11,13-16,23H,2-6,12,17-18H2,1H3. The van der Waals surface area contributed by atoms with Crippen LogP contribution in [-0.4, -0.2) is 17.6 Å². The van der Waals surface area contributed by atoms with Crippen LogP contribution in [0.5, 0.6) is 0 Å². The fourth-order valence-electron chi connectivity index (χ4n) is 3.34. The molecular formula is C23H29NO3. The number of carbonyl (C=O) groups excluding carboxylic acids is 1. The van der Waals surface area contributed by atoms with Crippen molar-refractivity contribution >= 4 is 5.91 Å². The van der Waals surface area contributed by atoms with Gasteiger partial charge in [0, 0.05) is 11.1 Å². The predicted molar refractivity (Wildman–Crippen MR) is 106 cm³/mol. The van der Waals surface area contributed by atoms with Crippen molar-refractivity contribution in [1.29, 1.82) is 0 Å². The number of carbonyl (C=O) groups is 1. The van der Waals surface area contributed by atoms with Gasteiger partial charge in [-0.15, -0.1) is 0 Å². The Bertz CT molecular complexity index is 717. The van der Waals surface area contributed by atoms with Gasteiger partial charge in [-0.1, -0.05) is 87.6 Å². The normalized spacial score (nSPS) is 16.0. The van der Waals surface area contributed by atoms with E-state index in [0.717, 1.165) is 24.0 Å². The van der Waals surface area contributed by atoms with Crippen LogP contribution in [0.1, 0.15) is 73.2 Å². The smallest absolute Gasteiger partial charge is 0.280 e. The van der Waals surface area contributed by atoms with Gasteiger partial charge in [-0.05, 0) is 18.1 Å². The van der Waals surface area contributed by atoms with Crippen molar-refractivity contribution in [1.82, 2.24) is 5.06 Å². The van der Waals surface area contributed by atoms with Gasteiger partial charge in [-0.2, -0.15) is 5.06 Å². The summed E-state index contributed by atoms with van der Waals surface area (Å²) in [5.74, 6) is -0.116. The second kappa shape index (κ2) is 10.2. The molecule has 3 rings (SSSR count). The maximum absolute atomic E-state index is 12.7. The summed E-state index contributed by atoms with van der Waals surface area (Å²) >= 11 is 0. The molecule has 1 atom stereocenters. The number of hydrogen-bond donors (Lipinski definition) is 0. The monoisotopic (exact) mass is 367 g/mol. The zero-order chi connectivity index (χ0) is 18.9. The van der Waals surface area contributed by atoms with Gasteiger partial charge in [0.25, 0.3) is 5.91 Å². The molecule has 1 aliphatic heterocycles. The largest absolute Gasteiger partial charge is 0.347 e. The Labute approximate surface area is 162 Å². The lowest BCUT2D eigenvalue weighted by Gasteiger charge is -2.24. The summed E-state index contributed by atoms with van der Waals surface area (Å²) < 4.78 is 6.09. The molecule has 27 heavy (non-hydrogen) atoms. The highest BCUT2D eigenvalue weighted by Gasteiger charge is 2.38. The van der Waals surface area contributed by atoms with Crippen molar-refractivity contribution in [3.8, 4) is 0 Å². The number of fused-ring (bicyclic) bond motifs is 1. The zero-order valence-electron chi connectivity index (χ0n) is 16.1. The number of hydroxylamine groups is 2. The van der Waals surface area contributed by atoms with E-state index in [9.17, 15) is 4.79 Å². The molecule has 0 bridgehead atoms. The number of benzene rings is 2. The lowest BCUT2D eigenvalue weighted by molar-refractivity contribution is -0.220. The van der Waals surface area contributed by atoms with Crippen molar-refractivity contribution < 1.29 is 14.4 Å². The first-order valence-corrected chi connectivity index (χ1v) is 10.0. The highest BCUT2D eigenvalue weighted by atomic mass is 16.7. The third kappa shape index (κ3) is 5.18. The molecule has 144 valence electrons. The third-order valence-electron chi connectivity index (χ3n) is 4.85.